The number of esters is 1. The lowest BCUT2D eigenvalue weighted by molar-refractivity contribution is -0.111. The summed E-state index contributed by atoms with van der Waals surface area (Å²) in [5.41, 5.74) is -0.348. The van der Waals surface area contributed by atoms with Crippen LogP contribution in [0.25, 0.3) is 6.08 Å². The maximum absolute atomic E-state index is 14.0. The van der Waals surface area contributed by atoms with Gasteiger partial charge in [-0.05, 0) is 42.7 Å². The third-order valence-electron chi connectivity index (χ3n) is 5.23. The average molecular weight is 479 g/mol. The number of methoxy groups -OCH3 is 1. The van der Waals surface area contributed by atoms with E-state index in [1.807, 2.05) is 0 Å². The van der Waals surface area contributed by atoms with Crippen LogP contribution in [0.3, 0.4) is 0 Å². The highest BCUT2D eigenvalue weighted by molar-refractivity contribution is 7.89. The van der Waals surface area contributed by atoms with Crippen molar-refractivity contribution in [2.45, 2.75) is 30.6 Å². The Morgan fingerprint density at radius 2 is 1.64 bits per heavy atom. The first-order valence-corrected chi connectivity index (χ1v) is 11.8. The number of carbonyl (C=O) groups is 2. The molecule has 0 radical (unpaired) electrons. The number of amides is 1. The van der Waals surface area contributed by atoms with Crippen LogP contribution in [0.2, 0.25) is 0 Å². The molecule has 1 amide bonds. The van der Waals surface area contributed by atoms with Crippen molar-refractivity contribution < 1.29 is 31.5 Å². The zero-order chi connectivity index (χ0) is 24.0. The zero-order valence-corrected chi connectivity index (χ0v) is 18.8. The lowest BCUT2D eigenvalue weighted by atomic mass is 10.1. The standard InChI is InChI=1S/C23H24F2N2O5S/c1-32-23(29)18-14-21(20(25)15-19(18)24)26-22(28)11-8-16-6-9-17(10-7-16)33(30,31)27-12-4-2-3-5-13-27/h6-11,14-15H,2-5,12-13H2,1H3,(H,26,28)/b11-8+. The molecule has 7 nitrogen and oxygen atoms in total. The third kappa shape index (κ3) is 6.02. The van der Waals surface area contributed by atoms with Crippen molar-refractivity contribution in [3.63, 3.8) is 0 Å². The number of nitrogens with zero attached hydrogens (tertiary/aromatic N) is 1. The maximum Gasteiger partial charge on any atom is 0.340 e. The van der Waals surface area contributed by atoms with E-state index in [0.29, 0.717) is 24.7 Å². The maximum atomic E-state index is 14.0. The van der Waals surface area contributed by atoms with Crippen LogP contribution in [0.15, 0.2) is 47.4 Å². The molecule has 2 aromatic rings. The molecule has 0 bridgehead atoms. The van der Waals surface area contributed by atoms with E-state index in [1.165, 1.54) is 22.5 Å². The molecule has 10 heteroatoms. The van der Waals surface area contributed by atoms with Gasteiger partial charge in [0.05, 0.1) is 23.3 Å². The van der Waals surface area contributed by atoms with Gasteiger partial charge in [0.15, 0.2) is 0 Å². The molecule has 1 saturated heterocycles. The number of ether oxygens (including phenoxy) is 1. The van der Waals surface area contributed by atoms with Crippen molar-refractivity contribution >= 4 is 33.7 Å². The number of nitrogens with one attached hydrogen (secondary N) is 1. The number of hydrogen-bond acceptors (Lipinski definition) is 5. The first kappa shape index (κ1) is 24.5. The Bertz CT molecular complexity index is 1160. The molecule has 2 aromatic carbocycles. The van der Waals surface area contributed by atoms with E-state index in [9.17, 15) is 26.8 Å². The zero-order valence-electron chi connectivity index (χ0n) is 18.0. The van der Waals surface area contributed by atoms with Gasteiger partial charge >= 0.3 is 5.97 Å². The molecule has 1 fully saturated rings. The molecule has 0 unspecified atom stereocenters. The van der Waals surface area contributed by atoms with E-state index >= 15 is 0 Å². The molecule has 1 N–H and O–H groups in total. The van der Waals surface area contributed by atoms with E-state index in [-0.39, 0.29) is 10.6 Å². The first-order chi connectivity index (χ1) is 15.7. The van der Waals surface area contributed by atoms with Gasteiger partial charge in [-0.25, -0.2) is 22.0 Å². The van der Waals surface area contributed by atoms with Crippen LogP contribution in [0.4, 0.5) is 14.5 Å². The lowest BCUT2D eigenvalue weighted by Gasteiger charge is -2.19. The molecule has 0 aliphatic carbocycles. The summed E-state index contributed by atoms with van der Waals surface area (Å²) in [5.74, 6) is -3.89. The number of halogens is 2. The van der Waals surface area contributed by atoms with E-state index in [4.69, 9.17) is 0 Å². The summed E-state index contributed by atoms with van der Waals surface area (Å²) in [5, 5.41) is 2.23. The van der Waals surface area contributed by atoms with Crippen LogP contribution in [-0.4, -0.2) is 44.8 Å². The van der Waals surface area contributed by atoms with Crippen molar-refractivity contribution in [3.8, 4) is 0 Å². The molecule has 0 spiro atoms. The molecule has 33 heavy (non-hydrogen) atoms. The van der Waals surface area contributed by atoms with E-state index in [2.05, 4.69) is 10.1 Å². The van der Waals surface area contributed by atoms with Gasteiger partial charge < -0.3 is 10.1 Å². The molecule has 3 rings (SSSR count). The second-order valence-corrected chi connectivity index (χ2v) is 9.45. The molecular formula is C23H24F2N2O5S. The summed E-state index contributed by atoms with van der Waals surface area (Å²) in [7, 11) is -2.52. The number of anilines is 1. The van der Waals surface area contributed by atoms with Crippen LogP contribution in [0.5, 0.6) is 0 Å². The highest BCUT2D eigenvalue weighted by atomic mass is 32.2. The first-order valence-electron chi connectivity index (χ1n) is 10.4. The van der Waals surface area contributed by atoms with Gasteiger partial charge in [0.25, 0.3) is 0 Å². The van der Waals surface area contributed by atoms with Crippen molar-refractivity contribution in [2.24, 2.45) is 0 Å². The summed E-state index contributed by atoms with van der Waals surface area (Å²) >= 11 is 0. The van der Waals surface area contributed by atoms with Crippen LogP contribution >= 0.6 is 0 Å². The molecule has 0 aromatic heterocycles. The van der Waals surface area contributed by atoms with Crippen LogP contribution < -0.4 is 5.32 Å². The monoisotopic (exact) mass is 478 g/mol. The Labute approximate surface area is 191 Å². The minimum atomic E-state index is -3.58. The number of carbonyl (C=O) groups excluding carboxylic acids is 2. The number of rotatable bonds is 6. The van der Waals surface area contributed by atoms with Gasteiger partial charge in [0.1, 0.15) is 11.6 Å². The number of sulfonamides is 1. The van der Waals surface area contributed by atoms with Gasteiger partial charge in [0, 0.05) is 25.2 Å². The SMILES string of the molecule is COC(=O)c1cc(NC(=O)/C=C/c2ccc(S(=O)(=O)N3CCCCCC3)cc2)c(F)cc1F. The number of benzene rings is 2. The Kier molecular flexibility index (Phi) is 7.93. The van der Waals surface area contributed by atoms with Crippen molar-refractivity contribution in [2.75, 3.05) is 25.5 Å². The quantitative estimate of drug-likeness (QED) is 0.501. The topological polar surface area (TPSA) is 92.8 Å². The van der Waals surface area contributed by atoms with Crippen LogP contribution in [-0.2, 0) is 19.6 Å². The highest BCUT2D eigenvalue weighted by Gasteiger charge is 2.24. The Morgan fingerprint density at radius 1 is 1.00 bits per heavy atom. The number of hydrogen-bond donors (Lipinski definition) is 1. The Balaban J connectivity index is 1.69. The van der Waals surface area contributed by atoms with E-state index in [0.717, 1.165) is 44.9 Å². The fourth-order valence-corrected chi connectivity index (χ4v) is 4.96. The fraction of sp³-hybridized carbons (Fsp3) is 0.304. The molecule has 1 heterocycles. The molecule has 0 atom stereocenters. The van der Waals surface area contributed by atoms with E-state index < -0.39 is 39.1 Å². The second kappa shape index (κ2) is 10.7. The minimum absolute atomic E-state index is 0.176. The summed E-state index contributed by atoms with van der Waals surface area (Å²) in [6.45, 7) is 1.00. The van der Waals surface area contributed by atoms with Gasteiger partial charge in [-0.3, -0.25) is 4.79 Å². The van der Waals surface area contributed by atoms with Crippen molar-refractivity contribution in [1.29, 1.82) is 0 Å². The van der Waals surface area contributed by atoms with Gasteiger partial charge in [0.2, 0.25) is 15.9 Å². The molecule has 1 aliphatic heterocycles. The summed E-state index contributed by atoms with van der Waals surface area (Å²) < 4.78 is 59.3. The van der Waals surface area contributed by atoms with Gasteiger partial charge in [-0.2, -0.15) is 4.31 Å². The normalized spacial score (nSPS) is 15.2. The van der Waals surface area contributed by atoms with E-state index in [1.54, 1.807) is 12.1 Å². The Hall–Kier alpha value is -3.11. The third-order valence-corrected chi connectivity index (χ3v) is 7.14. The van der Waals surface area contributed by atoms with Gasteiger partial charge in [-0.15, -0.1) is 0 Å². The van der Waals surface area contributed by atoms with Crippen LogP contribution in [0.1, 0.15) is 41.6 Å². The predicted octanol–water partition coefficient (Wildman–Crippen LogP) is 3.97. The van der Waals surface area contributed by atoms with Crippen molar-refractivity contribution in [1.82, 2.24) is 4.31 Å². The molecule has 176 valence electrons. The summed E-state index contributed by atoms with van der Waals surface area (Å²) in [4.78, 5) is 23.9. The van der Waals surface area contributed by atoms with Crippen LogP contribution in [0, 0.1) is 11.6 Å². The largest absolute Gasteiger partial charge is 0.465 e. The molecule has 0 saturated carbocycles. The van der Waals surface area contributed by atoms with Gasteiger partial charge in [-0.1, -0.05) is 25.0 Å². The second-order valence-electron chi connectivity index (χ2n) is 7.51. The summed E-state index contributed by atoms with van der Waals surface area (Å²) in [6.07, 6.45) is 6.24. The Morgan fingerprint density at radius 3 is 2.24 bits per heavy atom. The smallest absolute Gasteiger partial charge is 0.340 e. The minimum Gasteiger partial charge on any atom is -0.465 e. The predicted molar refractivity (Wildman–Crippen MR) is 119 cm³/mol. The molecular weight excluding hydrogens is 454 g/mol. The molecule has 1 aliphatic rings. The fourth-order valence-electron chi connectivity index (χ4n) is 3.44. The average Bonchev–Trinajstić information content (AvgIpc) is 3.09. The van der Waals surface area contributed by atoms with Crippen molar-refractivity contribution in [3.05, 3.63) is 65.2 Å². The highest BCUT2D eigenvalue weighted by Crippen LogP contribution is 2.22. The summed E-state index contributed by atoms with van der Waals surface area (Å²) in [6, 6.07) is 7.39. The lowest BCUT2D eigenvalue weighted by Crippen LogP contribution is -2.31.